The summed E-state index contributed by atoms with van der Waals surface area (Å²) in [6.45, 7) is 12.3. The van der Waals surface area contributed by atoms with Crippen LogP contribution in [0.2, 0.25) is 0 Å². The quantitative estimate of drug-likeness (QED) is 0.240. The van der Waals surface area contributed by atoms with E-state index in [1.54, 1.807) is 5.84 Å². The normalized spacial score (nSPS) is 15.8. The van der Waals surface area contributed by atoms with Crippen molar-refractivity contribution in [3.05, 3.63) is 0 Å². The van der Waals surface area contributed by atoms with Crippen LogP contribution in [0, 0.1) is 5.92 Å². The maximum Gasteiger partial charge on any atom is 0.250 e. The van der Waals surface area contributed by atoms with E-state index in [-0.39, 0.29) is 0 Å². The summed E-state index contributed by atoms with van der Waals surface area (Å²) in [6.07, 6.45) is 19.6. The molecule has 1 rings (SSSR count). The maximum absolute atomic E-state index is 5.92. The van der Waals surface area contributed by atoms with Crippen LogP contribution in [0.4, 0.5) is 0 Å². The lowest BCUT2D eigenvalue weighted by molar-refractivity contribution is -0.517. The monoisotopic (exact) mass is 380 g/mol. The van der Waals surface area contributed by atoms with Crippen LogP contribution in [-0.4, -0.2) is 48.0 Å². The zero-order chi connectivity index (χ0) is 19.7. The van der Waals surface area contributed by atoms with Crippen molar-refractivity contribution in [2.45, 2.75) is 111 Å². The third-order valence-corrected chi connectivity index (χ3v) is 6.25. The molecule has 160 valence electrons. The topological polar surface area (TPSA) is 32.3 Å². The molecule has 0 aromatic rings. The predicted octanol–water partition coefficient (Wildman–Crippen LogP) is 5.81. The number of rotatable bonds is 18. The van der Waals surface area contributed by atoms with E-state index in [1.807, 2.05) is 0 Å². The Labute approximate surface area is 170 Å². The number of amidine groups is 1. The van der Waals surface area contributed by atoms with Crippen LogP contribution in [-0.2, 0) is 0 Å². The molecule has 0 saturated carbocycles. The Balaban J connectivity index is 2.56. The summed E-state index contributed by atoms with van der Waals surface area (Å²) < 4.78 is 2.61. The molecular weight excluding hydrogens is 330 g/mol. The molecule has 0 radical (unpaired) electrons. The maximum atomic E-state index is 5.92. The fraction of sp³-hybridized carbons (Fsp3) is 0.958. The molecule has 1 heterocycles. The third kappa shape index (κ3) is 9.96. The number of nitrogens with two attached hydrogens (primary N) is 1. The Morgan fingerprint density at radius 2 is 1.33 bits per heavy atom. The summed E-state index contributed by atoms with van der Waals surface area (Å²) in [6, 6.07) is 0. The Bertz CT molecular complexity index is 378. The molecule has 1 atom stereocenters. The molecule has 1 aliphatic heterocycles. The Morgan fingerprint density at radius 3 is 1.81 bits per heavy atom. The summed E-state index contributed by atoms with van der Waals surface area (Å²) in [5.41, 5.74) is 5.92. The molecule has 2 N–H and O–H groups in total. The molecule has 0 bridgehead atoms. The highest BCUT2D eigenvalue weighted by molar-refractivity contribution is 5.81. The molecule has 0 spiro atoms. The van der Waals surface area contributed by atoms with E-state index >= 15 is 0 Å². The first-order chi connectivity index (χ1) is 13.3. The SMILES string of the molecule is CCCCCCCCCC(CCCCCCC)C1=[N+](CCN)CCN1CC. The van der Waals surface area contributed by atoms with Gasteiger partial charge in [0.15, 0.2) is 0 Å². The number of likely N-dealkylation sites (N-methyl/N-ethyl adjacent to an activating group) is 1. The molecule has 1 unspecified atom stereocenters. The van der Waals surface area contributed by atoms with Crippen LogP contribution in [0.25, 0.3) is 0 Å². The van der Waals surface area contributed by atoms with Gasteiger partial charge in [-0.3, -0.25) is 9.48 Å². The van der Waals surface area contributed by atoms with E-state index < -0.39 is 0 Å². The molecule has 0 fully saturated rings. The summed E-state index contributed by atoms with van der Waals surface area (Å²) in [5.74, 6) is 2.40. The van der Waals surface area contributed by atoms with Gasteiger partial charge < -0.3 is 5.73 Å². The minimum absolute atomic E-state index is 0.760. The van der Waals surface area contributed by atoms with E-state index in [1.165, 1.54) is 103 Å². The fourth-order valence-electron chi connectivity index (χ4n) is 4.63. The molecule has 0 aliphatic carbocycles. The van der Waals surface area contributed by atoms with E-state index in [0.717, 1.165) is 25.6 Å². The Morgan fingerprint density at radius 1 is 0.815 bits per heavy atom. The summed E-state index contributed by atoms with van der Waals surface area (Å²) >= 11 is 0. The van der Waals surface area contributed by atoms with Crippen molar-refractivity contribution in [2.75, 3.05) is 32.7 Å². The van der Waals surface area contributed by atoms with Gasteiger partial charge in [-0.15, -0.1) is 0 Å². The number of hydrogen-bond donors (Lipinski definition) is 1. The molecule has 1 aliphatic rings. The van der Waals surface area contributed by atoms with E-state index in [4.69, 9.17) is 5.73 Å². The molecule has 27 heavy (non-hydrogen) atoms. The van der Waals surface area contributed by atoms with Gasteiger partial charge in [-0.05, 0) is 19.8 Å². The third-order valence-electron chi connectivity index (χ3n) is 6.25. The fourth-order valence-corrected chi connectivity index (χ4v) is 4.63. The van der Waals surface area contributed by atoms with E-state index in [9.17, 15) is 0 Å². The summed E-state index contributed by atoms with van der Waals surface area (Å²) in [5, 5.41) is 0. The van der Waals surface area contributed by atoms with E-state index in [0.29, 0.717) is 0 Å². The van der Waals surface area contributed by atoms with Crippen LogP contribution < -0.4 is 5.73 Å². The lowest BCUT2D eigenvalue weighted by Gasteiger charge is -2.21. The first-order valence-corrected chi connectivity index (χ1v) is 12.3. The average Bonchev–Trinajstić information content (AvgIpc) is 3.08. The number of unbranched alkanes of at least 4 members (excludes halogenated alkanes) is 10. The van der Waals surface area contributed by atoms with Gasteiger partial charge in [0.1, 0.15) is 13.1 Å². The lowest BCUT2D eigenvalue weighted by Crippen LogP contribution is -2.37. The first kappa shape index (κ1) is 24.5. The highest BCUT2D eigenvalue weighted by atomic mass is 15.3. The number of hydrogen-bond acceptors (Lipinski definition) is 2. The first-order valence-electron chi connectivity index (χ1n) is 12.3. The minimum atomic E-state index is 0.760. The zero-order valence-electron chi connectivity index (χ0n) is 19.0. The highest BCUT2D eigenvalue weighted by Gasteiger charge is 2.34. The average molecular weight is 381 g/mol. The summed E-state index contributed by atoms with van der Waals surface area (Å²) in [4.78, 5) is 2.65. The predicted molar refractivity (Wildman–Crippen MR) is 121 cm³/mol. The second-order valence-corrected chi connectivity index (χ2v) is 8.52. The van der Waals surface area contributed by atoms with Crippen LogP contribution >= 0.6 is 0 Å². The van der Waals surface area contributed by atoms with Crippen molar-refractivity contribution in [1.82, 2.24) is 4.90 Å². The zero-order valence-corrected chi connectivity index (χ0v) is 19.0. The van der Waals surface area contributed by atoms with Crippen molar-refractivity contribution in [3.63, 3.8) is 0 Å². The Hall–Kier alpha value is -0.570. The lowest BCUT2D eigenvalue weighted by atomic mass is 9.92. The Kier molecular flexibility index (Phi) is 14.9. The second kappa shape index (κ2) is 16.4. The van der Waals surface area contributed by atoms with Crippen LogP contribution in [0.3, 0.4) is 0 Å². The van der Waals surface area contributed by atoms with Crippen molar-refractivity contribution in [2.24, 2.45) is 11.7 Å². The van der Waals surface area contributed by atoms with Gasteiger partial charge in [0.2, 0.25) is 5.84 Å². The van der Waals surface area contributed by atoms with Gasteiger partial charge in [-0.2, -0.15) is 0 Å². The van der Waals surface area contributed by atoms with Gasteiger partial charge in [-0.25, -0.2) is 0 Å². The van der Waals surface area contributed by atoms with Gasteiger partial charge in [0.25, 0.3) is 0 Å². The molecular formula is C24H50N3+. The molecule has 0 aromatic heterocycles. The van der Waals surface area contributed by atoms with Crippen molar-refractivity contribution in [1.29, 1.82) is 0 Å². The van der Waals surface area contributed by atoms with Gasteiger partial charge in [0, 0.05) is 6.54 Å². The van der Waals surface area contributed by atoms with Gasteiger partial charge in [-0.1, -0.05) is 90.9 Å². The smallest absolute Gasteiger partial charge is 0.250 e. The molecule has 0 saturated heterocycles. The molecule has 0 aromatic carbocycles. The highest BCUT2D eigenvalue weighted by Crippen LogP contribution is 2.24. The van der Waals surface area contributed by atoms with E-state index in [2.05, 4.69) is 30.2 Å². The minimum Gasteiger partial charge on any atom is -0.327 e. The molecule has 3 heteroatoms. The standard InChI is InChI=1S/C24H50N3/c1-4-7-9-11-12-14-16-18-23(17-15-13-10-8-5-2)24-26(6-3)21-22-27(24)20-19-25/h23H,4-22,25H2,1-3H3/q+1. The van der Waals surface area contributed by atoms with Crippen LogP contribution in [0.15, 0.2) is 0 Å². The summed E-state index contributed by atoms with van der Waals surface area (Å²) in [7, 11) is 0. The molecule has 0 amide bonds. The second-order valence-electron chi connectivity index (χ2n) is 8.52. The van der Waals surface area contributed by atoms with Gasteiger partial charge >= 0.3 is 0 Å². The van der Waals surface area contributed by atoms with Gasteiger partial charge in [0.05, 0.1) is 19.0 Å². The molecule has 3 nitrogen and oxygen atoms in total. The number of nitrogens with zero attached hydrogens (tertiary/aromatic N) is 2. The van der Waals surface area contributed by atoms with Crippen LogP contribution in [0.5, 0.6) is 0 Å². The van der Waals surface area contributed by atoms with Crippen molar-refractivity contribution in [3.8, 4) is 0 Å². The van der Waals surface area contributed by atoms with Crippen molar-refractivity contribution < 1.29 is 4.58 Å². The largest absolute Gasteiger partial charge is 0.327 e. The van der Waals surface area contributed by atoms with Crippen LogP contribution in [0.1, 0.15) is 111 Å². The van der Waals surface area contributed by atoms with Crippen molar-refractivity contribution >= 4 is 5.84 Å².